The standard InChI is InChI=1S/C19H24N8O/c1-11-9-14(25-27(11)19(10-28)6-7-19)5-8-22-17-15(21-4)16(20)26-18(23-17)12(2)13(3)24-26/h9,28H,5-8,10,20H2,1-3H3,(H,22,23). The molecule has 0 unspecified atom stereocenters. The third kappa shape index (κ3) is 2.77. The van der Waals surface area contributed by atoms with Crippen LogP contribution in [-0.2, 0) is 12.0 Å². The van der Waals surface area contributed by atoms with Crippen molar-refractivity contribution >= 4 is 23.0 Å². The van der Waals surface area contributed by atoms with Crippen LogP contribution in [0.25, 0.3) is 10.5 Å². The Bertz CT molecular complexity index is 1100. The number of nitrogens with one attached hydrogen (secondary N) is 1. The lowest BCUT2D eigenvalue weighted by Gasteiger charge is -2.14. The summed E-state index contributed by atoms with van der Waals surface area (Å²) in [4.78, 5) is 8.13. The van der Waals surface area contributed by atoms with Gasteiger partial charge in [-0.3, -0.25) is 4.68 Å². The van der Waals surface area contributed by atoms with Crippen LogP contribution in [0.1, 0.15) is 35.5 Å². The van der Waals surface area contributed by atoms with Gasteiger partial charge in [-0.05, 0) is 39.7 Å². The number of hydrogen-bond donors (Lipinski definition) is 3. The Morgan fingerprint density at radius 3 is 2.71 bits per heavy atom. The summed E-state index contributed by atoms with van der Waals surface area (Å²) >= 11 is 0. The van der Waals surface area contributed by atoms with Gasteiger partial charge in [-0.1, -0.05) is 0 Å². The fourth-order valence-electron chi connectivity index (χ4n) is 3.54. The van der Waals surface area contributed by atoms with Crippen molar-refractivity contribution in [3.63, 3.8) is 0 Å². The van der Waals surface area contributed by atoms with E-state index in [2.05, 4.69) is 25.3 Å². The summed E-state index contributed by atoms with van der Waals surface area (Å²) < 4.78 is 3.48. The first-order valence-electron chi connectivity index (χ1n) is 9.34. The van der Waals surface area contributed by atoms with Crippen LogP contribution in [0.3, 0.4) is 0 Å². The van der Waals surface area contributed by atoms with Crippen molar-refractivity contribution in [2.45, 2.75) is 45.6 Å². The Hall–Kier alpha value is -3.12. The zero-order valence-corrected chi connectivity index (χ0v) is 16.3. The molecule has 4 rings (SSSR count). The van der Waals surface area contributed by atoms with Crippen LogP contribution in [0.15, 0.2) is 6.07 Å². The molecular formula is C19H24N8O. The molecule has 3 heterocycles. The fraction of sp³-hybridized carbons (Fsp3) is 0.474. The van der Waals surface area contributed by atoms with Crippen LogP contribution in [0.2, 0.25) is 0 Å². The second-order valence-electron chi connectivity index (χ2n) is 7.50. The summed E-state index contributed by atoms with van der Waals surface area (Å²) in [6, 6.07) is 2.04. The maximum atomic E-state index is 9.63. The lowest BCUT2D eigenvalue weighted by molar-refractivity contribution is 0.200. The summed E-state index contributed by atoms with van der Waals surface area (Å²) in [5, 5.41) is 21.9. The third-order valence-electron chi connectivity index (χ3n) is 5.54. The molecule has 0 radical (unpaired) electrons. The van der Waals surface area contributed by atoms with E-state index in [9.17, 15) is 5.11 Å². The molecule has 0 amide bonds. The van der Waals surface area contributed by atoms with Gasteiger partial charge in [0, 0.05) is 24.2 Å². The molecule has 28 heavy (non-hydrogen) atoms. The average Bonchev–Trinajstić information content (AvgIpc) is 3.31. The lowest BCUT2D eigenvalue weighted by Crippen LogP contribution is -2.24. The van der Waals surface area contributed by atoms with Gasteiger partial charge in [0.15, 0.2) is 5.65 Å². The second-order valence-corrected chi connectivity index (χ2v) is 7.50. The Balaban J connectivity index is 1.54. The van der Waals surface area contributed by atoms with Crippen molar-refractivity contribution in [3.05, 3.63) is 40.1 Å². The van der Waals surface area contributed by atoms with Gasteiger partial charge in [0.1, 0.15) is 11.6 Å². The predicted molar refractivity (Wildman–Crippen MR) is 107 cm³/mol. The molecule has 0 aliphatic heterocycles. The molecule has 1 fully saturated rings. The van der Waals surface area contributed by atoms with E-state index in [0.29, 0.717) is 24.4 Å². The molecule has 3 aromatic heterocycles. The van der Waals surface area contributed by atoms with Gasteiger partial charge in [-0.2, -0.15) is 10.2 Å². The van der Waals surface area contributed by atoms with Crippen molar-refractivity contribution in [1.82, 2.24) is 24.4 Å². The average molecular weight is 380 g/mol. The van der Waals surface area contributed by atoms with Gasteiger partial charge in [0.05, 0.1) is 30.1 Å². The molecule has 1 aliphatic rings. The van der Waals surface area contributed by atoms with Gasteiger partial charge in [0.2, 0.25) is 0 Å². The Morgan fingerprint density at radius 2 is 2.07 bits per heavy atom. The van der Waals surface area contributed by atoms with E-state index >= 15 is 0 Å². The maximum absolute atomic E-state index is 9.63. The monoisotopic (exact) mass is 380 g/mol. The second kappa shape index (κ2) is 6.49. The Morgan fingerprint density at radius 1 is 1.32 bits per heavy atom. The number of nitrogens with two attached hydrogens (primary N) is 1. The first-order valence-corrected chi connectivity index (χ1v) is 9.34. The van der Waals surface area contributed by atoms with Gasteiger partial charge in [-0.15, -0.1) is 0 Å². The molecule has 3 aromatic rings. The number of aryl methyl sites for hydroxylation is 3. The number of rotatable bonds is 6. The molecule has 146 valence electrons. The van der Waals surface area contributed by atoms with Crippen LogP contribution in [0.4, 0.5) is 17.3 Å². The largest absolute Gasteiger partial charge is 0.394 e. The zero-order valence-electron chi connectivity index (χ0n) is 16.3. The molecule has 0 saturated heterocycles. The zero-order chi connectivity index (χ0) is 20.1. The van der Waals surface area contributed by atoms with Crippen molar-refractivity contribution in [2.75, 3.05) is 24.2 Å². The van der Waals surface area contributed by atoms with E-state index in [0.717, 1.165) is 35.5 Å². The van der Waals surface area contributed by atoms with Crippen molar-refractivity contribution in [2.24, 2.45) is 0 Å². The highest BCUT2D eigenvalue weighted by Gasteiger charge is 2.45. The van der Waals surface area contributed by atoms with Gasteiger partial charge < -0.3 is 16.2 Å². The van der Waals surface area contributed by atoms with E-state index in [-0.39, 0.29) is 23.7 Å². The molecule has 1 aliphatic carbocycles. The number of fused-ring (bicyclic) bond motifs is 1. The van der Waals surface area contributed by atoms with Crippen LogP contribution < -0.4 is 11.1 Å². The summed E-state index contributed by atoms with van der Waals surface area (Å²) in [7, 11) is 0. The molecule has 1 saturated carbocycles. The number of nitrogen functional groups attached to an aromatic ring is 1. The molecule has 9 nitrogen and oxygen atoms in total. The van der Waals surface area contributed by atoms with E-state index in [1.807, 2.05) is 31.5 Å². The first kappa shape index (κ1) is 18.3. The predicted octanol–water partition coefficient (Wildman–Crippen LogP) is 2.12. The third-order valence-corrected chi connectivity index (χ3v) is 5.54. The topological polar surface area (TPSA) is 111 Å². The highest BCUT2D eigenvalue weighted by Crippen LogP contribution is 2.43. The SMILES string of the molecule is [C-]#[N+]c1c(NCCc2cc(C)n(C3(CO)CC3)n2)nc2c(C)c(C)nn2c1N. The minimum Gasteiger partial charge on any atom is -0.394 e. The smallest absolute Gasteiger partial charge is 0.268 e. The molecule has 9 heteroatoms. The molecule has 0 spiro atoms. The van der Waals surface area contributed by atoms with Gasteiger partial charge >= 0.3 is 0 Å². The van der Waals surface area contributed by atoms with Crippen LogP contribution in [0, 0.1) is 27.3 Å². The van der Waals surface area contributed by atoms with Gasteiger partial charge in [0.25, 0.3) is 5.69 Å². The molecule has 0 bridgehead atoms. The summed E-state index contributed by atoms with van der Waals surface area (Å²) in [6.45, 7) is 14.0. The van der Waals surface area contributed by atoms with Crippen molar-refractivity contribution < 1.29 is 5.11 Å². The quantitative estimate of drug-likeness (QED) is 0.565. The summed E-state index contributed by atoms with van der Waals surface area (Å²) in [6.07, 6.45) is 2.60. The lowest BCUT2D eigenvalue weighted by atomic mass is 10.2. The maximum Gasteiger partial charge on any atom is 0.268 e. The van der Waals surface area contributed by atoms with Crippen LogP contribution >= 0.6 is 0 Å². The van der Waals surface area contributed by atoms with Crippen molar-refractivity contribution in [3.8, 4) is 0 Å². The number of anilines is 2. The van der Waals surface area contributed by atoms with E-state index in [1.54, 1.807) is 0 Å². The molecule has 0 aromatic carbocycles. The van der Waals surface area contributed by atoms with E-state index < -0.39 is 0 Å². The number of aliphatic hydroxyl groups excluding tert-OH is 1. The van der Waals surface area contributed by atoms with Crippen LogP contribution in [-0.4, -0.2) is 42.6 Å². The Kier molecular flexibility index (Phi) is 4.23. The number of hydrogen-bond acceptors (Lipinski definition) is 6. The van der Waals surface area contributed by atoms with Crippen molar-refractivity contribution in [1.29, 1.82) is 0 Å². The number of aromatic nitrogens is 5. The summed E-state index contributed by atoms with van der Waals surface area (Å²) in [5.74, 6) is 0.755. The first-order chi connectivity index (χ1) is 13.4. The van der Waals surface area contributed by atoms with E-state index in [1.165, 1.54) is 4.52 Å². The normalized spacial score (nSPS) is 15.0. The van der Waals surface area contributed by atoms with E-state index in [4.69, 9.17) is 12.3 Å². The number of aliphatic hydroxyl groups is 1. The fourth-order valence-corrected chi connectivity index (χ4v) is 3.54. The van der Waals surface area contributed by atoms with Gasteiger partial charge in [-0.25, -0.2) is 14.3 Å². The van der Waals surface area contributed by atoms with Crippen LogP contribution in [0.5, 0.6) is 0 Å². The molecule has 4 N–H and O–H groups in total. The summed E-state index contributed by atoms with van der Waals surface area (Å²) in [5.41, 5.74) is 10.7. The Labute approximate surface area is 163 Å². The highest BCUT2D eigenvalue weighted by atomic mass is 16.3. The minimum atomic E-state index is -0.203. The molecular weight excluding hydrogens is 356 g/mol. The molecule has 0 atom stereocenters. The highest BCUT2D eigenvalue weighted by molar-refractivity contribution is 5.80. The number of nitrogens with zero attached hydrogens (tertiary/aromatic N) is 6. The minimum absolute atomic E-state index is 0.120.